The van der Waals surface area contributed by atoms with Crippen molar-refractivity contribution < 1.29 is 77.0 Å². The van der Waals surface area contributed by atoms with Crippen molar-refractivity contribution in [2.24, 2.45) is 17.3 Å². The van der Waals surface area contributed by atoms with E-state index in [1.165, 1.54) is 11.1 Å². The number of nitrogens with zero attached hydrogens (tertiary/aromatic N) is 3. The molecule has 4 aliphatic rings. The summed E-state index contributed by atoms with van der Waals surface area (Å²) in [5.74, 6) is 4.20. The van der Waals surface area contributed by atoms with Crippen LogP contribution in [0.2, 0.25) is 0 Å². The van der Waals surface area contributed by atoms with Crippen LogP contribution < -0.4 is 14.2 Å². The summed E-state index contributed by atoms with van der Waals surface area (Å²) >= 11 is 0. The van der Waals surface area contributed by atoms with E-state index in [2.05, 4.69) is 61.0 Å². The Kier molecular flexibility index (Phi) is 20.5. The molecule has 1 heterocycles. The van der Waals surface area contributed by atoms with Gasteiger partial charge >= 0.3 is 30.2 Å². The maximum atomic E-state index is 13.7. The van der Waals surface area contributed by atoms with E-state index in [1.54, 1.807) is 50.8 Å². The van der Waals surface area contributed by atoms with Gasteiger partial charge in [0.05, 0.1) is 19.3 Å². The van der Waals surface area contributed by atoms with Crippen molar-refractivity contribution >= 4 is 36.2 Å². The number of carbonyl (C=O) groups is 1. The second-order valence-electron chi connectivity index (χ2n) is 19.3. The first-order valence-electron chi connectivity index (χ1n) is 24.4. The summed E-state index contributed by atoms with van der Waals surface area (Å²) in [4.78, 5) is 18.8. The predicted molar refractivity (Wildman–Crippen MR) is 258 cm³/mol. The van der Waals surface area contributed by atoms with Crippen molar-refractivity contribution in [2.45, 2.75) is 140 Å². The van der Waals surface area contributed by atoms with Crippen molar-refractivity contribution in [3.05, 3.63) is 65.0 Å². The third-order valence-electron chi connectivity index (χ3n) is 14.1. The predicted octanol–water partition coefficient (Wildman–Crippen LogP) is 13.5. The van der Waals surface area contributed by atoms with Gasteiger partial charge in [0, 0.05) is 42.8 Å². The lowest BCUT2D eigenvalue weighted by molar-refractivity contribution is -0.457. The third-order valence-corrected chi connectivity index (χ3v) is 18.7. The fraction of sp³-hybridized carbons (Fsp3) is 0.714. The molecule has 11 nitrogen and oxygen atoms in total. The third kappa shape index (κ3) is 13.7. The number of ether oxygens (including phenoxy) is 5. The fourth-order valence-corrected chi connectivity index (χ4v) is 14.9. The van der Waals surface area contributed by atoms with Gasteiger partial charge in [-0.3, -0.25) is 0 Å². The number of rotatable bonds is 23. The van der Waals surface area contributed by atoms with Gasteiger partial charge in [-0.2, -0.15) is 39.5 Å². The Labute approximate surface area is 425 Å². The van der Waals surface area contributed by atoms with Crippen molar-refractivity contribution in [3.8, 4) is 17.2 Å². The summed E-state index contributed by atoms with van der Waals surface area (Å²) in [5, 5.41) is 0. The van der Waals surface area contributed by atoms with Crippen LogP contribution >= 0.6 is 30.1 Å². The molecule has 0 radical (unpaired) electrons. The first-order chi connectivity index (χ1) is 34.0. The number of alkyl halides is 9. The largest absolute Gasteiger partial charge is 0.490 e. The first kappa shape index (κ1) is 58.4. The van der Waals surface area contributed by atoms with Crippen LogP contribution in [-0.2, 0) is 24.9 Å². The highest BCUT2D eigenvalue weighted by Gasteiger charge is 2.85. The molecular weight excluding hydrogens is 1020 g/mol. The molecule has 3 aliphatic carbocycles. The molecule has 23 heteroatoms. The zero-order valence-electron chi connectivity index (χ0n) is 41.1. The lowest BCUT2D eigenvalue weighted by Crippen LogP contribution is -2.67. The van der Waals surface area contributed by atoms with Gasteiger partial charge in [0.25, 0.3) is 8.53 Å². The van der Waals surface area contributed by atoms with Crippen LogP contribution in [-0.4, -0.2) is 128 Å². The van der Waals surface area contributed by atoms with E-state index in [-0.39, 0.29) is 81.1 Å². The number of carbonyl (C=O) groups excluding carboxylic acids is 1. The molecule has 3 fully saturated rings. The summed E-state index contributed by atoms with van der Waals surface area (Å²) < 4.78 is 161. The second-order valence-corrected chi connectivity index (χ2v) is 23.3. The van der Waals surface area contributed by atoms with Crippen molar-refractivity contribution in [1.29, 1.82) is 0 Å². The number of hydrogen-bond donors (Lipinski definition) is 0. The number of hydrogen-bond acceptors (Lipinski definition) is 11. The molecule has 2 saturated carbocycles. The van der Waals surface area contributed by atoms with Crippen LogP contribution in [0.5, 0.6) is 17.2 Å². The summed E-state index contributed by atoms with van der Waals surface area (Å²) in [7, 11) is 2.06. The summed E-state index contributed by atoms with van der Waals surface area (Å²) in [5.41, 5.74) is -4.14. The Hall–Kier alpha value is -2.90. The molecular formula is C49H65F9N3O8PS2. The zero-order valence-corrected chi connectivity index (χ0v) is 43.6. The van der Waals surface area contributed by atoms with Crippen LogP contribution in [0.15, 0.2) is 42.5 Å². The Morgan fingerprint density at radius 3 is 2.06 bits per heavy atom. The highest BCUT2D eigenvalue weighted by molar-refractivity contribution is 8.76. The van der Waals surface area contributed by atoms with E-state index in [9.17, 15) is 44.3 Å². The zero-order chi connectivity index (χ0) is 52.5. The Bertz CT molecular complexity index is 2050. The first-order valence-corrected chi connectivity index (χ1v) is 28.0. The Morgan fingerprint density at radius 1 is 0.792 bits per heavy atom. The number of fused-ring (bicyclic) bond motifs is 5. The highest BCUT2D eigenvalue weighted by atomic mass is 33.1. The highest BCUT2D eigenvalue weighted by Crippen LogP contribution is 2.62. The van der Waals surface area contributed by atoms with Gasteiger partial charge < -0.3 is 42.5 Å². The molecule has 0 N–H and O–H groups in total. The Balaban J connectivity index is 0.950. The van der Waals surface area contributed by atoms with Crippen LogP contribution in [0, 0.1) is 23.8 Å². The molecule has 0 aromatic heterocycles. The van der Waals surface area contributed by atoms with Crippen molar-refractivity contribution in [1.82, 2.24) is 9.57 Å². The minimum absolute atomic E-state index is 0.0253. The van der Waals surface area contributed by atoms with E-state index >= 15 is 0 Å². The topological polar surface area (TPSA) is 92.5 Å². The molecule has 2 unspecified atom stereocenters. The standard InChI is InChI=1S/C49H65F9N3O8PS2/c1-32(2)61(33(3)4)70(67-25-21-59-6)68-26-22-60(35-19-29-71-72-31-35)44(62)69-37-11-9-36(10-12-37)63-27-28-64-38-13-15-39-34(30-38)8-14-41-40(39)18-20-45(5)42(41)16-17-43(45)65-23-7-24-66-46(47(50,51)52,48(53,54)55)49(56,57)58/h9-13,15,30,32-33,35,40-43H,7-8,14,16-29,31H2,1-5H3/t35?,40-,41-,42+,43+,45+,70?/m1/s1. The molecule has 1 aliphatic heterocycles. The summed E-state index contributed by atoms with van der Waals surface area (Å²) in [6.45, 7) is 17.3. The number of benzene rings is 2. The maximum Gasteiger partial charge on any atom is 0.435 e. The van der Waals surface area contributed by atoms with E-state index in [0.29, 0.717) is 36.1 Å². The summed E-state index contributed by atoms with van der Waals surface area (Å²) in [6.07, 6.45) is -16.1. The molecule has 72 heavy (non-hydrogen) atoms. The van der Waals surface area contributed by atoms with Gasteiger partial charge in [-0.15, -0.1) is 0 Å². The van der Waals surface area contributed by atoms with Gasteiger partial charge in [0.1, 0.15) is 37.1 Å². The number of halogens is 9. The van der Waals surface area contributed by atoms with Gasteiger partial charge in [0.15, 0.2) is 0 Å². The number of amides is 1. The molecule has 0 bridgehead atoms. The fourth-order valence-electron chi connectivity index (χ4n) is 10.8. The van der Waals surface area contributed by atoms with Gasteiger partial charge in [-0.1, -0.05) is 34.6 Å². The molecule has 1 amide bonds. The molecule has 6 rings (SSSR count). The minimum Gasteiger partial charge on any atom is -0.490 e. The van der Waals surface area contributed by atoms with Crippen LogP contribution in [0.25, 0.3) is 4.85 Å². The quantitative estimate of drug-likeness (QED) is 0.0350. The van der Waals surface area contributed by atoms with Crippen LogP contribution in [0.3, 0.4) is 0 Å². The molecule has 2 aromatic carbocycles. The maximum absolute atomic E-state index is 13.7. The normalized spacial score (nSPS) is 24.1. The van der Waals surface area contributed by atoms with E-state index in [1.807, 2.05) is 6.07 Å². The monoisotopic (exact) mass is 1090 g/mol. The SMILES string of the molecule is [C-]#[N+]CCOP(OCCN(C(=O)Oc1ccc(OCCOc2ccc3c(c2)CC[C@@H]2[C@@H]3CC[C@]3(C)[C@@H](OCCCOC(C(F)(F)F)(C(F)(F)F)C(F)(F)F)CC[C@@H]23)cc1)C1CCSSC1)N(C(C)C)C(C)C. The smallest absolute Gasteiger partial charge is 0.435 e. The van der Waals surface area contributed by atoms with E-state index in [0.717, 1.165) is 50.0 Å². The molecule has 1 saturated heterocycles. The average Bonchev–Trinajstić information content (AvgIpc) is 3.65. The summed E-state index contributed by atoms with van der Waals surface area (Å²) in [6, 6.07) is 13.2. The lowest BCUT2D eigenvalue weighted by Gasteiger charge is -2.50. The van der Waals surface area contributed by atoms with E-state index < -0.39 is 51.8 Å². The average molecular weight is 1090 g/mol. The van der Waals surface area contributed by atoms with Gasteiger partial charge in [0.2, 0.25) is 6.54 Å². The van der Waals surface area contributed by atoms with Crippen LogP contribution in [0.1, 0.15) is 96.6 Å². The van der Waals surface area contributed by atoms with Crippen LogP contribution in [0.4, 0.5) is 44.3 Å². The van der Waals surface area contributed by atoms with Gasteiger partial charge in [-0.25, -0.2) is 16.0 Å². The second kappa shape index (κ2) is 25.3. The molecule has 0 spiro atoms. The van der Waals surface area contributed by atoms with Crippen molar-refractivity contribution in [2.75, 3.05) is 64.2 Å². The van der Waals surface area contributed by atoms with E-state index in [4.69, 9.17) is 34.6 Å². The molecule has 7 atom stereocenters. The van der Waals surface area contributed by atoms with Gasteiger partial charge in [-0.05, 0) is 150 Å². The molecule has 404 valence electrons. The Morgan fingerprint density at radius 2 is 1.43 bits per heavy atom. The van der Waals surface area contributed by atoms with Crippen molar-refractivity contribution in [3.63, 3.8) is 0 Å². The lowest BCUT2D eigenvalue weighted by atomic mass is 9.55. The molecule has 2 aromatic rings. The number of aryl methyl sites for hydroxylation is 1. The minimum atomic E-state index is -6.76.